The molecular weight excluding hydrogens is 706 g/mol. The predicted octanol–water partition coefficient (Wildman–Crippen LogP) is 8.85. The molecule has 0 bridgehead atoms. The number of hydrogen-bond acceptors (Lipinski definition) is 3. The first-order chi connectivity index (χ1) is 24.4. The monoisotopic (exact) mass is 741 g/mol. The third-order valence-electron chi connectivity index (χ3n) is 11.2. The average molecular weight is 740 g/mol. The Morgan fingerprint density at radius 2 is 1.02 bits per heavy atom. The van der Waals surface area contributed by atoms with Crippen LogP contribution in [-0.4, -0.2) is 13.3 Å². The van der Waals surface area contributed by atoms with Crippen LogP contribution in [0.1, 0.15) is 22.3 Å². The molecule has 1 spiro atoms. The molecule has 1 atom stereocenters. The molecule has 240 valence electrons. The molecule has 5 heteroatoms. The van der Waals surface area contributed by atoms with Gasteiger partial charge in [-0.3, -0.25) is 0 Å². The second-order valence-electron chi connectivity index (χ2n) is 14.0. The zero-order chi connectivity index (χ0) is 33.7. The molecular formula is C45H34GeNOPS. The quantitative estimate of drug-likeness (QED) is 0.130. The molecule has 0 N–H and O–H groups in total. The van der Waals surface area contributed by atoms with E-state index in [0.29, 0.717) is 0 Å². The molecule has 0 saturated heterocycles. The summed E-state index contributed by atoms with van der Waals surface area (Å²) in [7, 11) is 0. The number of fused-ring (bicyclic) bond motifs is 10. The van der Waals surface area contributed by atoms with Gasteiger partial charge in [0.05, 0.1) is 0 Å². The molecule has 7 aromatic rings. The number of para-hydroxylation sites is 4. The SMILES string of the molecule is [CH3][Ge]1([CH3])[c]2ccccc2P(=S)(c2ccccc2)c2ccc(N3c4ccccc4C4(c5ccccc5Oc5ccccc54)c4ccccc43)c[c]21. The summed E-state index contributed by atoms with van der Waals surface area (Å²) in [5, 5.41) is 4.02. The van der Waals surface area contributed by atoms with Crippen molar-refractivity contribution in [1.82, 2.24) is 0 Å². The van der Waals surface area contributed by atoms with Crippen LogP contribution in [0.25, 0.3) is 0 Å². The van der Waals surface area contributed by atoms with Gasteiger partial charge in [-0.1, -0.05) is 0 Å². The summed E-state index contributed by atoms with van der Waals surface area (Å²) in [5.74, 6) is 6.90. The van der Waals surface area contributed by atoms with Crippen LogP contribution in [-0.2, 0) is 17.2 Å². The van der Waals surface area contributed by atoms with Crippen molar-refractivity contribution in [3.05, 3.63) is 192 Å². The summed E-state index contributed by atoms with van der Waals surface area (Å²) >= 11 is 4.12. The van der Waals surface area contributed by atoms with Crippen LogP contribution < -0.4 is 34.3 Å². The van der Waals surface area contributed by atoms with Crippen LogP contribution >= 0.6 is 6.04 Å². The van der Waals surface area contributed by atoms with Gasteiger partial charge in [0.15, 0.2) is 0 Å². The molecule has 1 unspecified atom stereocenters. The number of rotatable bonds is 2. The molecule has 2 nitrogen and oxygen atoms in total. The molecule has 0 aromatic heterocycles. The van der Waals surface area contributed by atoms with E-state index in [1.165, 1.54) is 64.0 Å². The molecule has 0 aliphatic carbocycles. The van der Waals surface area contributed by atoms with E-state index in [9.17, 15) is 0 Å². The Kier molecular flexibility index (Phi) is 6.59. The molecule has 0 fully saturated rings. The Hall–Kier alpha value is -4.67. The molecule has 0 amide bonds. The number of benzene rings is 7. The number of anilines is 3. The van der Waals surface area contributed by atoms with E-state index in [4.69, 9.17) is 16.5 Å². The second-order valence-corrected chi connectivity index (χ2v) is 27.4. The zero-order valence-electron chi connectivity index (χ0n) is 27.9. The van der Waals surface area contributed by atoms with E-state index >= 15 is 0 Å². The minimum atomic E-state index is -2.81. The van der Waals surface area contributed by atoms with Crippen LogP contribution in [0.2, 0.25) is 11.5 Å². The maximum atomic E-state index is 6.93. The normalized spacial score (nSPS) is 18.4. The topological polar surface area (TPSA) is 12.5 Å². The van der Waals surface area contributed by atoms with E-state index in [2.05, 4.69) is 186 Å². The van der Waals surface area contributed by atoms with Crippen LogP contribution in [0.15, 0.2) is 170 Å². The molecule has 3 aliphatic heterocycles. The molecule has 0 saturated carbocycles. The van der Waals surface area contributed by atoms with Gasteiger partial charge in [0.2, 0.25) is 0 Å². The fourth-order valence-corrected chi connectivity index (χ4v) is 25.0. The van der Waals surface area contributed by atoms with Crippen molar-refractivity contribution in [1.29, 1.82) is 0 Å². The van der Waals surface area contributed by atoms with Gasteiger partial charge < -0.3 is 0 Å². The van der Waals surface area contributed by atoms with Gasteiger partial charge in [0, 0.05) is 0 Å². The van der Waals surface area contributed by atoms with Gasteiger partial charge >= 0.3 is 303 Å². The van der Waals surface area contributed by atoms with E-state index < -0.39 is 24.7 Å². The Morgan fingerprint density at radius 3 is 1.66 bits per heavy atom. The van der Waals surface area contributed by atoms with E-state index in [1.807, 2.05) is 0 Å². The fraction of sp³-hybridized carbons (Fsp3) is 0.0667. The summed E-state index contributed by atoms with van der Waals surface area (Å²) in [5.41, 5.74) is 7.83. The summed E-state index contributed by atoms with van der Waals surface area (Å²) in [6.45, 7) is 0. The Balaban J connectivity index is 1.26. The summed E-state index contributed by atoms with van der Waals surface area (Å²) in [4.78, 5) is 2.50. The van der Waals surface area contributed by atoms with Gasteiger partial charge in [0.1, 0.15) is 0 Å². The number of nitrogens with zero attached hydrogens (tertiary/aromatic N) is 1. The third-order valence-corrected chi connectivity index (χ3v) is 24.5. The molecule has 50 heavy (non-hydrogen) atoms. The fourth-order valence-electron chi connectivity index (χ4n) is 9.01. The number of ether oxygens (including phenoxy) is 1. The predicted molar refractivity (Wildman–Crippen MR) is 216 cm³/mol. The van der Waals surface area contributed by atoms with Crippen molar-refractivity contribution >= 4 is 72.9 Å². The Bertz CT molecular complexity index is 2470. The first kappa shape index (κ1) is 30.2. The van der Waals surface area contributed by atoms with Crippen molar-refractivity contribution < 1.29 is 4.74 Å². The summed E-state index contributed by atoms with van der Waals surface area (Å²) < 4.78 is 9.61. The van der Waals surface area contributed by atoms with Crippen molar-refractivity contribution in [2.75, 3.05) is 4.90 Å². The maximum absolute atomic E-state index is 6.93. The van der Waals surface area contributed by atoms with Gasteiger partial charge in [-0.15, -0.1) is 0 Å². The molecule has 0 radical (unpaired) electrons. The van der Waals surface area contributed by atoms with Gasteiger partial charge in [0.25, 0.3) is 0 Å². The summed E-state index contributed by atoms with van der Waals surface area (Å²) in [6, 6.07) is 60.1. The van der Waals surface area contributed by atoms with E-state index in [1.54, 1.807) is 0 Å². The first-order valence-corrected chi connectivity index (χ1v) is 26.3. The van der Waals surface area contributed by atoms with Gasteiger partial charge in [-0.05, 0) is 0 Å². The second kappa shape index (κ2) is 10.9. The van der Waals surface area contributed by atoms with Crippen molar-refractivity contribution in [2.24, 2.45) is 0 Å². The standard InChI is InChI=1S/C45H34GeNOPS/c1-46(2)37-22-10-15-27-43(37)49(50,32-16-4-3-5-17-32)44-29-28-31(30-38(44)46)47-39-23-11-6-18-33(39)45(34-19-7-12-24-40(34)47)35-20-8-13-25-41(35)48-42-26-14-9-21-36(42)45/h3-30H,1-2H3. The summed E-state index contributed by atoms with van der Waals surface area (Å²) in [6.07, 6.45) is 0. The van der Waals surface area contributed by atoms with Crippen LogP contribution in [0.3, 0.4) is 0 Å². The van der Waals surface area contributed by atoms with Crippen molar-refractivity contribution in [2.45, 2.75) is 16.9 Å². The third kappa shape index (κ3) is 3.89. The van der Waals surface area contributed by atoms with Crippen LogP contribution in [0.5, 0.6) is 11.5 Å². The average Bonchev–Trinajstić information content (AvgIpc) is 3.17. The molecule has 3 heterocycles. The van der Waals surface area contributed by atoms with E-state index in [0.717, 1.165) is 11.5 Å². The molecule has 7 aromatic carbocycles. The Morgan fingerprint density at radius 1 is 0.520 bits per heavy atom. The number of hydrogen-bond donors (Lipinski definition) is 0. The Labute approximate surface area is 301 Å². The van der Waals surface area contributed by atoms with Crippen LogP contribution in [0, 0.1) is 0 Å². The van der Waals surface area contributed by atoms with Crippen LogP contribution in [0.4, 0.5) is 17.1 Å². The zero-order valence-corrected chi connectivity index (χ0v) is 31.7. The van der Waals surface area contributed by atoms with Gasteiger partial charge in [-0.25, -0.2) is 0 Å². The van der Waals surface area contributed by atoms with E-state index in [-0.39, 0.29) is 0 Å². The minimum absolute atomic E-state index is 0.548. The molecule has 3 aliphatic rings. The van der Waals surface area contributed by atoms with Crippen molar-refractivity contribution in [3.8, 4) is 11.5 Å². The van der Waals surface area contributed by atoms with Gasteiger partial charge in [-0.2, -0.15) is 0 Å². The molecule has 10 rings (SSSR count). The first-order valence-electron chi connectivity index (χ1n) is 17.2. The van der Waals surface area contributed by atoms with Crippen molar-refractivity contribution in [3.63, 3.8) is 0 Å².